The monoisotopic (exact) mass is 216 g/mol. The van der Waals surface area contributed by atoms with Crippen LogP contribution in [0, 0.1) is 0 Å². The van der Waals surface area contributed by atoms with Gasteiger partial charge in [-0.3, -0.25) is 14.4 Å². The highest BCUT2D eigenvalue weighted by molar-refractivity contribution is 5.87. The number of hydrogen-bond acceptors (Lipinski definition) is 4. The first-order chi connectivity index (χ1) is 7.06. The van der Waals surface area contributed by atoms with E-state index in [2.05, 4.69) is 16.0 Å². The molecule has 0 aromatic carbocycles. The van der Waals surface area contributed by atoms with E-state index in [-0.39, 0.29) is 19.0 Å². The van der Waals surface area contributed by atoms with Gasteiger partial charge in [0.2, 0.25) is 17.7 Å². The molecule has 15 heavy (non-hydrogen) atoms. The number of amides is 3. The topological polar surface area (TPSA) is 113 Å². The van der Waals surface area contributed by atoms with Gasteiger partial charge >= 0.3 is 0 Å². The van der Waals surface area contributed by atoms with Gasteiger partial charge in [0.1, 0.15) is 0 Å². The van der Waals surface area contributed by atoms with Gasteiger partial charge in [0, 0.05) is 13.0 Å². The zero-order chi connectivity index (χ0) is 11.7. The Kier molecular flexibility index (Phi) is 6.90. The van der Waals surface area contributed by atoms with Crippen molar-refractivity contribution in [2.75, 3.05) is 26.7 Å². The first-order valence-corrected chi connectivity index (χ1v) is 4.52. The lowest BCUT2D eigenvalue weighted by Crippen LogP contribution is -2.40. The lowest BCUT2D eigenvalue weighted by Gasteiger charge is -2.05. The molecule has 0 aromatic rings. The number of rotatable bonds is 7. The highest BCUT2D eigenvalue weighted by atomic mass is 16.2. The van der Waals surface area contributed by atoms with Crippen LogP contribution in [0.2, 0.25) is 0 Å². The zero-order valence-electron chi connectivity index (χ0n) is 8.63. The highest BCUT2D eigenvalue weighted by Gasteiger charge is 2.05. The maximum Gasteiger partial charge on any atom is 0.239 e. The first-order valence-electron chi connectivity index (χ1n) is 4.52. The lowest BCUT2D eigenvalue weighted by atomic mass is 10.4. The molecule has 0 atom stereocenters. The molecule has 0 saturated carbocycles. The summed E-state index contributed by atoms with van der Waals surface area (Å²) in [5.41, 5.74) is 4.81. The van der Waals surface area contributed by atoms with Crippen molar-refractivity contribution in [2.45, 2.75) is 6.42 Å². The quantitative estimate of drug-likeness (QED) is 0.371. The fourth-order valence-electron chi connectivity index (χ4n) is 0.754. The molecule has 0 bridgehead atoms. The molecule has 0 aliphatic carbocycles. The third-order valence-electron chi connectivity index (χ3n) is 1.51. The van der Waals surface area contributed by atoms with E-state index in [1.54, 1.807) is 7.05 Å². The predicted octanol–water partition coefficient (Wildman–Crippen LogP) is -2.69. The molecule has 0 spiro atoms. The molecule has 3 amide bonds. The molecule has 0 rings (SSSR count). The molecule has 0 saturated heterocycles. The Morgan fingerprint density at radius 2 is 1.67 bits per heavy atom. The van der Waals surface area contributed by atoms with Crippen LogP contribution >= 0.6 is 0 Å². The van der Waals surface area contributed by atoms with Crippen molar-refractivity contribution in [3.05, 3.63) is 0 Å². The van der Waals surface area contributed by atoms with Crippen LogP contribution in [-0.4, -0.2) is 44.4 Å². The SMILES string of the molecule is CNCCC(=O)NCC(=O)NCC(N)=O. The molecule has 0 aliphatic rings. The van der Waals surface area contributed by atoms with E-state index < -0.39 is 11.8 Å². The minimum Gasteiger partial charge on any atom is -0.368 e. The zero-order valence-corrected chi connectivity index (χ0v) is 8.63. The van der Waals surface area contributed by atoms with Crippen molar-refractivity contribution in [3.63, 3.8) is 0 Å². The van der Waals surface area contributed by atoms with Crippen LogP contribution < -0.4 is 21.7 Å². The third kappa shape index (κ3) is 8.69. The molecule has 7 heteroatoms. The van der Waals surface area contributed by atoms with Crippen LogP contribution in [0.5, 0.6) is 0 Å². The molecular weight excluding hydrogens is 200 g/mol. The first kappa shape index (κ1) is 13.4. The van der Waals surface area contributed by atoms with Gasteiger partial charge in [-0.25, -0.2) is 0 Å². The van der Waals surface area contributed by atoms with Crippen LogP contribution in [-0.2, 0) is 14.4 Å². The summed E-state index contributed by atoms with van der Waals surface area (Å²) in [4.78, 5) is 32.3. The van der Waals surface area contributed by atoms with Crippen molar-refractivity contribution in [3.8, 4) is 0 Å². The molecule has 0 radical (unpaired) electrons. The Labute approximate surface area is 87.8 Å². The normalized spacial score (nSPS) is 9.40. The summed E-state index contributed by atoms with van der Waals surface area (Å²) in [6.07, 6.45) is 0.305. The number of carbonyl (C=O) groups is 3. The van der Waals surface area contributed by atoms with E-state index in [4.69, 9.17) is 5.73 Å². The van der Waals surface area contributed by atoms with E-state index in [0.29, 0.717) is 13.0 Å². The predicted molar refractivity (Wildman–Crippen MR) is 53.8 cm³/mol. The number of nitrogens with one attached hydrogen (secondary N) is 3. The molecular formula is C8H16N4O3. The molecule has 0 aromatic heterocycles. The van der Waals surface area contributed by atoms with Crippen molar-refractivity contribution in [1.82, 2.24) is 16.0 Å². The second kappa shape index (κ2) is 7.74. The number of hydrogen-bond donors (Lipinski definition) is 4. The molecule has 7 nitrogen and oxygen atoms in total. The van der Waals surface area contributed by atoms with Crippen LogP contribution in [0.1, 0.15) is 6.42 Å². The van der Waals surface area contributed by atoms with E-state index in [0.717, 1.165) is 0 Å². The van der Waals surface area contributed by atoms with Crippen LogP contribution in [0.4, 0.5) is 0 Å². The largest absolute Gasteiger partial charge is 0.368 e. The van der Waals surface area contributed by atoms with Gasteiger partial charge < -0.3 is 21.7 Å². The smallest absolute Gasteiger partial charge is 0.239 e. The summed E-state index contributed by atoms with van der Waals surface area (Å²) >= 11 is 0. The Bertz CT molecular complexity index is 242. The van der Waals surface area contributed by atoms with Crippen molar-refractivity contribution in [2.24, 2.45) is 5.73 Å². The molecule has 5 N–H and O–H groups in total. The number of carbonyl (C=O) groups excluding carboxylic acids is 3. The van der Waals surface area contributed by atoms with Crippen molar-refractivity contribution in [1.29, 1.82) is 0 Å². The van der Waals surface area contributed by atoms with Crippen molar-refractivity contribution >= 4 is 17.7 Å². The Balaban J connectivity index is 3.53. The van der Waals surface area contributed by atoms with Crippen LogP contribution in [0.3, 0.4) is 0 Å². The van der Waals surface area contributed by atoms with E-state index in [1.807, 2.05) is 0 Å². The van der Waals surface area contributed by atoms with Crippen LogP contribution in [0.25, 0.3) is 0 Å². The van der Waals surface area contributed by atoms with Gasteiger partial charge in [-0.2, -0.15) is 0 Å². The van der Waals surface area contributed by atoms with Gasteiger partial charge in [0.05, 0.1) is 13.1 Å². The van der Waals surface area contributed by atoms with Crippen molar-refractivity contribution < 1.29 is 14.4 Å². The van der Waals surface area contributed by atoms with Crippen LogP contribution in [0.15, 0.2) is 0 Å². The Morgan fingerprint density at radius 3 is 2.20 bits per heavy atom. The summed E-state index contributed by atoms with van der Waals surface area (Å²) in [5.74, 6) is -1.28. The number of primary amides is 1. The fraction of sp³-hybridized carbons (Fsp3) is 0.625. The maximum absolute atomic E-state index is 11.0. The average Bonchev–Trinajstić information content (AvgIpc) is 2.20. The standard InChI is InChI=1S/C8H16N4O3/c1-10-3-2-7(14)12-5-8(15)11-4-6(9)13/h10H,2-5H2,1H3,(H2,9,13)(H,11,15)(H,12,14). The summed E-state index contributed by atoms with van der Waals surface area (Å²) < 4.78 is 0. The van der Waals surface area contributed by atoms with Gasteiger partial charge in [-0.05, 0) is 7.05 Å². The summed E-state index contributed by atoms with van der Waals surface area (Å²) in [6, 6.07) is 0. The summed E-state index contributed by atoms with van der Waals surface area (Å²) in [5, 5.41) is 7.45. The highest BCUT2D eigenvalue weighted by Crippen LogP contribution is 1.75. The molecule has 0 fully saturated rings. The van der Waals surface area contributed by atoms with E-state index in [9.17, 15) is 14.4 Å². The lowest BCUT2D eigenvalue weighted by molar-refractivity contribution is -0.127. The van der Waals surface area contributed by atoms with Gasteiger partial charge in [0.25, 0.3) is 0 Å². The van der Waals surface area contributed by atoms with Gasteiger partial charge in [-0.15, -0.1) is 0 Å². The third-order valence-corrected chi connectivity index (χ3v) is 1.51. The van der Waals surface area contributed by atoms with E-state index >= 15 is 0 Å². The minimum atomic E-state index is -0.621. The minimum absolute atomic E-state index is 0.143. The average molecular weight is 216 g/mol. The Morgan fingerprint density at radius 1 is 1.07 bits per heavy atom. The molecule has 0 heterocycles. The molecule has 86 valence electrons. The second-order valence-corrected chi connectivity index (χ2v) is 2.87. The Hall–Kier alpha value is -1.63. The maximum atomic E-state index is 11.0. The number of nitrogens with two attached hydrogens (primary N) is 1. The van der Waals surface area contributed by atoms with E-state index in [1.165, 1.54) is 0 Å². The summed E-state index contributed by atoms with van der Waals surface area (Å²) in [6.45, 7) is 0.190. The molecule has 0 aliphatic heterocycles. The summed E-state index contributed by atoms with van der Waals surface area (Å²) in [7, 11) is 1.73. The van der Waals surface area contributed by atoms with Gasteiger partial charge in [0.15, 0.2) is 0 Å². The molecule has 0 unspecified atom stereocenters. The van der Waals surface area contributed by atoms with Gasteiger partial charge in [-0.1, -0.05) is 0 Å². The second-order valence-electron chi connectivity index (χ2n) is 2.87. The fourth-order valence-corrected chi connectivity index (χ4v) is 0.754.